The van der Waals surface area contributed by atoms with E-state index in [0.717, 1.165) is 16.5 Å². The highest BCUT2D eigenvalue weighted by atomic mass is 19.4. The lowest BCUT2D eigenvalue weighted by Crippen LogP contribution is -2.55. The number of nitrogens with zero attached hydrogens (tertiary/aromatic N) is 4. The number of benzene rings is 1. The number of pyridine rings is 1. The highest BCUT2D eigenvalue weighted by Crippen LogP contribution is 2.40. The molecule has 1 saturated carbocycles. The summed E-state index contributed by atoms with van der Waals surface area (Å²) in [6.45, 7) is 6.74. The van der Waals surface area contributed by atoms with Gasteiger partial charge in [0.05, 0.1) is 5.52 Å². The van der Waals surface area contributed by atoms with E-state index in [-0.39, 0.29) is 24.7 Å². The predicted octanol–water partition coefficient (Wildman–Crippen LogP) is 5.71. The Balaban J connectivity index is 1.70. The van der Waals surface area contributed by atoms with Gasteiger partial charge in [0.25, 0.3) is 12.3 Å². The summed E-state index contributed by atoms with van der Waals surface area (Å²) in [5, 5.41) is 21.3. The van der Waals surface area contributed by atoms with Gasteiger partial charge in [0.2, 0.25) is 0 Å². The molecule has 0 aliphatic heterocycles. The van der Waals surface area contributed by atoms with Crippen molar-refractivity contribution in [2.24, 2.45) is 0 Å². The van der Waals surface area contributed by atoms with Crippen LogP contribution in [0.3, 0.4) is 0 Å². The largest absolute Gasteiger partial charge is 0.405 e. The standard InChI is InChI=1S/C25H30F5N5O2/c1-6-13-7-18(20-33-34-22(37-20)31-14-10-24(36,11-14)21(26)27)32-19-16(13)8-15(9-17(19)23(2,3)4)35(5)12-25(28,29)30/h7-9,14,21,36H,6,10-12H2,1-5H3,(H,31,34). The second-order valence-corrected chi connectivity index (χ2v) is 10.7. The molecule has 7 nitrogen and oxygen atoms in total. The smallest absolute Gasteiger partial charge is 0.402 e. The van der Waals surface area contributed by atoms with Crippen molar-refractivity contribution in [2.75, 3.05) is 23.8 Å². The molecule has 0 atom stereocenters. The van der Waals surface area contributed by atoms with Crippen molar-refractivity contribution >= 4 is 22.6 Å². The summed E-state index contributed by atoms with van der Waals surface area (Å²) in [4.78, 5) is 5.94. The summed E-state index contributed by atoms with van der Waals surface area (Å²) in [7, 11) is 1.41. The molecule has 4 rings (SSSR count). The Kier molecular flexibility index (Phi) is 6.85. The molecule has 1 aliphatic carbocycles. The number of anilines is 2. The average Bonchev–Trinajstić information content (AvgIpc) is 3.23. The number of hydrogen-bond donors (Lipinski definition) is 2. The van der Waals surface area contributed by atoms with Crippen LogP contribution >= 0.6 is 0 Å². The molecule has 1 aliphatic rings. The summed E-state index contributed by atoms with van der Waals surface area (Å²) in [5.41, 5.74) is 0.631. The van der Waals surface area contributed by atoms with Crippen LogP contribution in [-0.4, -0.2) is 58.1 Å². The van der Waals surface area contributed by atoms with Crippen LogP contribution in [0, 0.1) is 0 Å². The van der Waals surface area contributed by atoms with Gasteiger partial charge in [-0.2, -0.15) is 13.2 Å². The van der Waals surface area contributed by atoms with E-state index in [2.05, 4.69) is 15.5 Å². The Morgan fingerprint density at radius 2 is 1.84 bits per heavy atom. The van der Waals surface area contributed by atoms with Gasteiger partial charge >= 0.3 is 12.2 Å². The minimum absolute atomic E-state index is 0.0245. The van der Waals surface area contributed by atoms with Crippen LogP contribution < -0.4 is 10.2 Å². The van der Waals surface area contributed by atoms with Crippen molar-refractivity contribution < 1.29 is 31.5 Å². The number of aliphatic hydroxyl groups is 1. The first kappa shape index (κ1) is 27.0. The molecule has 2 N–H and O–H groups in total. The maximum Gasteiger partial charge on any atom is 0.405 e. The first-order valence-corrected chi connectivity index (χ1v) is 12.0. The minimum atomic E-state index is -4.34. The highest BCUT2D eigenvalue weighted by molar-refractivity contribution is 5.91. The van der Waals surface area contributed by atoms with Gasteiger partial charge in [-0.1, -0.05) is 32.8 Å². The molecule has 0 bridgehead atoms. The van der Waals surface area contributed by atoms with E-state index in [1.807, 2.05) is 27.7 Å². The molecule has 0 saturated heterocycles. The van der Waals surface area contributed by atoms with Crippen LogP contribution in [0.2, 0.25) is 0 Å². The summed E-state index contributed by atoms with van der Waals surface area (Å²) in [5.74, 6) is 0.112. The summed E-state index contributed by atoms with van der Waals surface area (Å²) < 4.78 is 70.7. The summed E-state index contributed by atoms with van der Waals surface area (Å²) in [6, 6.07) is 4.80. The molecule has 0 spiro atoms. The van der Waals surface area contributed by atoms with Gasteiger partial charge in [-0.15, -0.1) is 5.10 Å². The van der Waals surface area contributed by atoms with E-state index in [0.29, 0.717) is 23.3 Å². The molecule has 12 heteroatoms. The van der Waals surface area contributed by atoms with Gasteiger partial charge in [0, 0.05) is 37.0 Å². The van der Waals surface area contributed by atoms with Crippen LogP contribution in [0.25, 0.3) is 22.5 Å². The molecule has 0 unspecified atom stereocenters. The second kappa shape index (κ2) is 9.38. The molecule has 0 amide bonds. The number of fused-ring (bicyclic) bond motifs is 1. The van der Waals surface area contributed by atoms with Crippen molar-refractivity contribution in [2.45, 2.75) is 76.6 Å². The van der Waals surface area contributed by atoms with Crippen molar-refractivity contribution in [3.63, 3.8) is 0 Å². The molecule has 2 aromatic heterocycles. The van der Waals surface area contributed by atoms with Crippen molar-refractivity contribution in [3.8, 4) is 11.6 Å². The molecule has 3 aromatic rings. The number of aromatic nitrogens is 3. The molecular formula is C25H30F5N5O2. The molecule has 37 heavy (non-hydrogen) atoms. The second-order valence-electron chi connectivity index (χ2n) is 10.7. The molecular weight excluding hydrogens is 497 g/mol. The first-order valence-electron chi connectivity index (χ1n) is 12.0. The molecule has 2 heterocycles. The van der Waals surface area contributed by atoms with Gasteiger partial charge in [0.1, 0.15) is 17.8 Å². The average molecular weight is 528 g/mol. The fourth-order valence-electron chi connectivity index (χ4n) is 4.57. The van der Waals surface area contributed by atoms with Gasteiger partial charge in [-0.3, -0.25) is 0 Å². The highest BCUT2D eigenvalue weighted by Gasteiger charge is 2.50. The maximum atomic E-state index is 13.1. The third kappa shape index (κ3) is 5.63. The Morgan fingerprint density at radius 1 is 1.16 bits per heavy atom. The van der Waals surface area contributed by atoms with E-state index in [4.69, 9.17) is 9.40 Å². The lowest BCUT2D eigenvalue weighted by Gasteiger charge is -2.42. The number of hydrogen-bond acceptors (Lipinski definition) is 7. The van der Waals surface area contributed by atoms with Crippen LogP contribution in [-0.2, 0) is 11.8 Å². The van der Waals surface area contributed by atoms with E-state index < -0.39 is 36.2 Å². The lowest BCUT2D eigenvalue weighted by atomic mass is 9.76. The third-order valence-electron chi connectivity index (χ3n) is 6.61. The predicted molar refractivity (Wildman–Crippen MR) is 130 cm³/mol. The zero-order valence-electron chi connectivity index (χ0n) is 21.2. The van der Waals surface area contributed by atoms with Crippen molar-refractivity contribution in [1.29, 1.82) is 0 Å². The monoisotopic (exact) mass is 527 g/mol. The van der Waals surface area contributed by atoms with E-state index in [9.17, 15) is 27.1 Å². The van der Waals surface area contributed by atoms with Crippen LogP contribution in [0.5, 0.6) is 0 Å². The number of halogens is 5. The molecule has 1 fully saturated rings. The van der Waals surface area contributed by atoms with Gasteiger partial charge in [-0.05, 0) is 41.2 Å². The number of aryl methyl sites for hydroxylation is 1. The van der Waals surface area contributed by atoms with Crippen LogP contribution in [0.4, 0.5) is 33.7 Å². The van der Waals surface area contributed by atoms with Gasteiger partial charge in [-0.25, -0.2) is 13.8 Å². The summed E-state index contributed by atoms with van der Waals surface area (Å²) in [6.07, 6.45) is -6.88. The van der Waals surface area contributed by atoms with E-state index >= 15 is 0 Å². The Bertz CT molecular complexity index is 1280. The van der Waals surface area contributed by atoms with Gasteiger partial charge < -0.3 is 19.7 Å². The number of alkyl halides is 5. The third-order valence-corrected chi connectivity index (χ3v) is 6.61. The molecule has 202 valence electrons. The fraction of sp³-hybridized carbons (Fsp3) is 0.560. The van der Waals surface area contributed by atoms with E-state index in [1.165, 1.54) is 11.9 Å². The minimum Gasteiger partial charge on any atom is -0.402 e. The molecule has 1 aromatic carbocycles. The normalized spacial score (nSPS) is 20.4. The van der Waals surface area contributed by atoms with E-state index in [1.54, 1.807) is 18.2 Å². The fourth-order valence-corrected chi connectivity index (χ4v) is 4.57. The summed E-state index contributed by atoms with van der Waals surface area (Å²) >= 11 is 0. The first-order chi connectivity index (χ1) is 17.1. The van der Waals surface area contributed by atoms with Crippen LogP contribution in [0.1, 0.15) is 51.7 Å². The van der Waals surface area contributed by atoms with Gasteiger partial charge in [0.15, 0.2) is 0 Å². The quantitative estimate of drug-likeness (QED) is 0.381. The zero-order valence-corrected chi connectivity index (χ0v) is 21.2. The molecule has 0 radical (unpaired) electrons. The Labute approximate surface area is 211 Å². The topological polar surface area (TPSA) is 87.3 Å². The zero-order chi connectivity index (χ0) is 27.3. The maximum absolute atomic E-state index is 13.1. The number of nitrogens with one attached hydrogen (secondary N) is 1. The Morgan fingerprint density at radius 3 is 2.41 bits per heavy atom. The van der Waals surface area contributed by atoms with Crippen molar-refractivity contribution in [1.82, 2.24) is 15.2 Å². The SMILES string of the molecule is CCc1cc(-c2nnc(NC3CC(O)(C(F)F)C3)o2)nc2c(C(C)(C)C)cc(N(C)CC(F)(F)F)cc12. The Hall–Kier alpha value is -3.02. The van der Waals surface area contributed by atoms with Crippen molar-refractivity contribution in [3.05, 3.63) is 29.3 Å². The lowest BCUT2D eigenvalue weighted by molar-refractivity contribution is -0.148. The van der Waals surface area contributed by atoms with Crippen LogP contribution in [0.15, 0.2) is 22.6 Å². The number of rotatable bonds is 7.